The maximum Gasteiger partial charge on any atom is 0.263 e. The van der Waals surface area contributed by atoms with Crippen molar-refractivity contribution in [1.29, 1.82) is 0 Å². The third kappa shape index (κ3) is 4.76. The van der Waals surface area contributed by atoms with Gasteiger partial charge in [-0.25, -0.2) is 9.97 Å². The smallest absolute Gasteiger partial charge is 0.263 e. The second-order valence-electron chi connectivity index (χ2n) is 7.22. The van der Waals surface area contributed by atoms with Gasteiger partial charge in [0, 0.05) is 48.6 Å². The van der Waals surface area contributed by atoms with E-state index in [1.165, 1.54) is 19.3 Å². The molecule has 1 saturated carbocycles. The average Bonchev–Trinajstić information content (AvgIpc) is 2.76. The van der Waals surface area contributed by atoms with E-state index in [-0.39, 0.29) is 5.91 Å². The first-order valence-electron chi connectivity index (χ1n) is 10.0. The molecule has 2 heterocycles. The number of thioether (sulfide) groups is 1. The van der Waals surface area contributed by atoms with E-state index < -0.39 is 0 Å². The van der Waals surface area contributed by atoms with Gasteiger partial charge < -0.3 is 15.0 Å². The topological polar surface area (TPSA) is 67.3 Å². The molecule has 0 atom stereocenters. The molecular formula is C21H26N4O2S. The van der Waals surface area contributed by atoms with Gasteiger partial charge in [0.05, 0.1) is 0 Å². The highest BCUT2D eigenvalue weighted by molar-refractivity contribution is 7.99. The number of rotatable bonds is 5. The van der Waals surface area contributed by atoms with Crippen molar-refractivity contribution in [2.75, 3.05) is 29.5 Å². The van der Waals surface area contributed by atoms with Crippen LogP contribution < -0.4 is 15.0 Å². The van der Waals surface area contributed by atoms with Gasteiger partial charge in [-0.05, 0) is 37.1 Å². The Kier molecular flexibility index (Phi) is 6.31. The number of hydrogen-bond donors (Lipinski definition) is 1. The molecule has 4 rings (SSSR count). The molecule has 0 radical (unpaired) electrons. The molecule has 0 spiro atoms. The van der Waals surface area contributed by atoms with Crippen molar-refractivity contribution in [1.82, 2.24) is 15.3 Å². The first-order valence-corrected chi connectivity index (χ1v) is 11.2. The second kappa shape index (κ2) is 9.28. The number of amides is 1. The molecule has 2 fully saturated rings. The Hall–Kier alpha value is -2.28. The van der Waals surface area contributed by atoms with Crippen LogP contribution in [0, 0.1) is 0 Å². The van der Waals surface area contributed by atoms with Gasteiger partial charge in [0.2, 0.25) is 0 Å². The SMILES string of the molecule is O=C(NC1CCCCC1)c1ccc(Oc2nccnc2N2CCSCC2)cc1. The Labute approximate surface area is 170 Å². The second-order valence-corrected chi connectivity index (χ2v) is 8.44. The number of ether oxygens (including phenoxy) is 1. The molecule has 2 aromatic rings. The maximum atomic E-state index is 12.5. The van der Waals surface area contributed by atoms with Crippen LogP contribution in [-0.4, -0.2) is 46.5 Å². The highest BCUT2D eigenvalue weighted by Gasteiger charge is 2.19. The molecule has 0 unspecified atom stereocenters. The fourth-order valence-electron chi connectivity index (χ4n) is 3.68. The van der Waals surface area contributed by atoms with Crippen molar-refractivity contribution in [2.24, 2.45) is 0 Å². The van der Waals surface area contributed by atoms with E-state index in [4.69, 9.17) is 4.74 Å². The molecule has 7 heteroatoms. The summed E-state index contributed by atoms with van der Waals surface area (Å²) in [5, 5.41) is 3.15. The number of nitrogens with one attached hydrogen (secondary N) is 1. The van der Waals surface area contributed by atoms with Crippen molar-refractivity contribution >= 4 is 23.5 Å². The predicted molar refractivity (Wildman–Crippen MR) is 112 cm³/mol. The van der Waals surface area contributed by atoms with Crippen molar-refractivity contribution in [3.8, 4) is 11.6 Å². The lowest BCUT2D eigenvalue weighted by molar-refractivity contribution is 0.0927. The minimum Gasteiger partial charge on any atom is -0.436 e. The van der Waals surface area contributed by atoms with Crippen LogP contribution in [0.1, 0.15) is 42.5 Å². The lowest BCUT2D eigenvalue weighted by atomic mass is 9.95. The summed E-state index contributed by atoms with van der Waals surface area (Å²) >= 11 is 1.95. The molecular weight excluding hydrogens is 372 g/mol. The molecule has 28 heavy (non-hydrogen) atoms. The molecule has 2 aliphatic rings. The van der Waals surface area contributed by atoms with E-state index in [1.54, 1.807) is 24.5 Å². The van der Waals surface area contributed by atoms with Gasteiger partial charge in [0.25, 0.3) is 11.8 Å². The van der Waals surface area contributed by atoms with Crippen molar-refractivity contribution in [3.05, 3.63) is 42.2 Å². The molecule has 6 nitrogen and oxygen atoms in total. The third-order valence-corrected chi connectivity index (χ3v) is 6.17. The third-order valence-electron chi connectivity index (χ3n) is 5.23. The number of anilines is 1. The number of aromatic nitrogens is 2. The summed E-state index contributed by atoms with van der Waals surface area (Å²) in [7, 11) is 0. The Morgan fingerprint density at radius 2 is 1.75 bits per heavy atom. The molecule has 1 saturated heterocycles. The van der Waals surface area contributed by atoms with Gasteiger partial charge in [-0.15, -0.1) is 0 Å². The predicted octanol–water partition coefficient (Wildman–Crippen LogP) is 3.88. The zero-order chi connectivity index (χ0) is 19.2. The monoisotopic (exact) mass is 398 g/mol. The fraction of sp³-hybridized carbons (Fsp3) is 0.476. The van der Waals surface area contributed by atoms with Crippen molar-refractivity contribution < 1.29 is 9.53 Å². The summed E-state index contributed by atoms with van der Waals surface area (Å²) < 4.78 is 5.99. The molecule has 148 valence electrons. The highest BCUT2D eigenvalue weighted by Crippen LogP contribution is 2.29. The van der Waals surface area contributed by atoms with E-state index in [0.29, 0.717) is 23.2 Å². The summed E-state index contributed by atoms with van der Waals surface area (Å²) in [6.07, 6.45) is 9.18. The van der Waals surface area contributed by atoms with E-state index in [0.717, 1.165) is 43.3 Å². The van der Waals surface area contributed by atoms with Crippen LogP contribution >= 0.6 is 11.8 Å². The Morgan fingerprint density at radius 3 is 2.50 bits per heavy atom. The van der Waals surface area contributed by atoms with Gasteiger partial charge in [-0.1, -0.05) is 19.3 Å². The van der Waals surface area contributed by atoms with Crippen molar-refractivity contribution in [2.45, 2.75) is 38.1 Å². The molecule has 1 aromatic carbocycles. The molecule has 1 N–H and O–H groups in total. The van der Waals surface area contributed by atoms with Gasteiger partial charge in [0.15, 0.2) is 5.82 Å². The quantitative estimate of drug-likeness (QED) is 0.824. The number of hydrogen-bond acceptors (Lipinski definition) is 6. The van der Waals surface area contributed by atoms with Crippen LogP contribution in [0.3, 0.4) is 0 Å². The van der Waals surface area contributed by atoms with Crippen LogP contribution in [0.25, 0.3) is 0 Å². The largest absolute Gasteiger partial charge is 0.436 e. The van der Waals surface area contributed by atoms with Crippen LogP contribution in [0.5, 0.6) is 11.6 Å². The van der Waals surface area contributed by atoms with Crippen molar-refractivity contribution in [3.63, 3.8) is 0 Å². The molecule has 0 bridgehead atoms. The number of carbonyl (C=O) groups is 1. The van der Waals surface area contributed by atoms with E-state index in [1.807, 2.05) is 23.9 Å². The Morgan fingerprint density at radius 1 is 1.04 bits per heavy atom. The summed E-state index contributed by atoms with van der Waals surface area (Å²) in [6, 6.07) is 7.56. The number of carbonyl (C=O) groups excluding carboxylic acids is 1. The lowest BCUT2D eigenvalue weighted by Gasteiger charge is -2.28. The van der Waals surface area contributed by atoms with E-state index in [2.05, 4.69) is 20.2 Å². The van der Waals surface area contributed by atoms with Gasteiger partial charge >= 0.3 is 0 Å². The molecule has 1 aromatic heterocycles. The minimum absolute atomic E-state index is 0.00976. The van der Waals surface area contributed by atoms with Gasteiger partial charge in [-0.3, -0.25) is 4.79 Å². The normalized spacial score (nSPS) is 17.9. The Balaban J connectivity index is 1.41. The number of nitrogens with zero attached hydrogens (tertiary/aromatic N) is 3. The van der Waals surface area contributed by atoms with Gasteiger partial charge in [0.1, 0.15) is 5.75 Å². The standard InChI is InChI=1S/C21H26N4O2S/c26-20(24-17-4-2-1-3-5-17)16-6-8-18(9-7-16)27-21-19(22-10-11-23-21)25-12-14-28-15-13-25/h6-11,17H,1-5,12-15H2,(H,24,26). The zero-order valence-electron chi connectivity index (χ0n) is 16.0. The van der Waals surface area contributed by atoms with Crippen LogP contribution in [-0.2, 0) is 0 Å². The van der Waals surface area contributed by atoms with Crippen LogP contribution in [0.15, 0.2) is 36.7 Å². The van der Waals surface area contributed by atoms with Gasteiger partial charge in [-0.2, -0.15) is 11.8 Å². The molecule has 1 aliphatic heterocycles. The molecule has 1 amide bonds. The highest BCUT2D eigenvalue weighted by atomic mass is 32.2. The number of benzene rings is 1. The summed E-state index contributed by atoms with van der Waals surface area (Å²) in [5.41, 5.74) is 0.658. The zero-order valence-corrected chi connectivity index (χ0v) is 16.8. The summed E-state index contributed by atoms with van der Waals surface area (Å²) in [5.74, 6) is 4.10. The minimum atomic E-state index is -0.00976. The first kappa shape index (κ1) is 19.1. The maximum absolute atomic E-state index is 12.5. The molecule has 1 aliphatic carbocycles. The summed E-state index contributed by atoms with van der Waals surface area (Å²) in [4.78, 5) is 23.5. The van der Waals surface area contributed by atoms with Crippen LogP contribution in [0.4, 0.5) is 5.82 Å². The summed E-state index contributed by atoms with van der Waals surface area (Å²) in [6.45, 7) is 1.89. The van der Waals surface area contributed by atoms with E-state index >= 15 is 0 Å². The Bertz CT molecular complexity index is 787. The van der Waals surface area contributed by atoms with E-state index in [9.17, 15) is 4.79 Å². The first-order chi connectivity index (χ1) is 13.8. The fourth-order valence-corrected chi connectivity index (χ4v) is 4.59. The lowest BCUT2D eigenvalue weighted by Crippen LogP contribution is -2.36. The average molecular weight is 399 g/mol. The van der Waals surface area contributed by atoms with Crippen LogP contribution in [0.2, 0.25) is 0 Å².